The number of carbonyl (C=O) groups excluding carboxylic acids is 1. The molecule has 0 radical (unpaired) electrons. The maximum atomic E-state index is 11.3. The molecule has 1 aromatic carbocycles. The molecule has 0 saturated heterocycles. The molecule has 0 aliphatic rings. The van der Waals surface area contributed by atoms with Crippen LogP contribution in [0.2, 0.25) is 0 Å². The maximum Gasteiger partial charge on any atom is 0.139 e. The first-order chi connectivity index (χ1) is 7.24. The fraction of sp³-hybridized carbons (Fsp3) is 0.357. The third kappa shape index (κ3) is 4.11. The van der Waals surface area contributed by atoms with Gasteiger partial charge in [-0.15, -0.1) is 0 Å². The number of Topliss-reactive ketones (excluding diaryl/α,β-unsaturated/α-hetero) is 1. The molecule has 0 saturated carbocycles. The molecule has 15 heavy (non-hydrogen) atoms. The van der Waals surface area contributed by atoms with Crippen LogP contribution in [-0.2, 0) is 11.2 Å². The van der Waals surface area contributed by atoms with E-state index < -0.39 is 0 Å². The van der Waals surface area contributed by atoms with Gasteiger partial charge in [-0.2, -0.15) is 0 Å². The van der Waals surface area contributed by atoms with E-state index in [1.165, 1.54) is 5.56 Å². The molecule has 0 amide bonds. The zero-order chi connectivity index (χ0) is 11.1. The molecule has 0 heterocycles. The Bertz CT molecular complexity index is 324. The lowest BCUT2D eigenvalue weighted by molar-refractivity contribution is -0.120. The SMILES string of the molecule is CCC(=O)[C@@H](C)/C=C/Cc1ccccc1. The highest BCUT2D eigenvalue weighted by molar-refractivity contribution is 5.81. The Kier molecular flexibility index (Phi) is 4.82. The van der Waals surface area contributed by atoms with E-state index in [2.05, 4.69) is 18.2 Å². The summed E-state index contributed by atoms with van der Waals surface area (Å²) in [5, 5.41) is 0. The van der Waals surface area contributed by atoms with Crippen molar-refractivity contribution in [2.24, 2.45) is 5.92 Å². The summed E-state index contributed by atoms with van der Waals surface area (Å²) in [4.78, 5) is 11.3. The molecule has 0 fully saturated rings. The molecule has 1 heteroatoms. The van der Waals surface area contributed by atoms with Crippen molar-refractivity contribution < 1.29 is 4.79 Å². The van der Waals surface area contributed by atoms with Gasteiger partial charge in [-0.3, -0.25) is 4.79 Å². The second-order valence-corrected chi connectivity index (χ2v) is 3.73. The standard InChI is InChI=1S/C14H18O/c1-3-14(15)12(2)8-7-11-13-9-5-4-6-10-13/h4-10,12H,3,11H2,1-2H3/b8-7+/t12-/m0/s1. The largest absolute Gasteiger partial charge is 0.299 e. The van der Waals surface area contributed by atoms with Crippen LogP contribution >= 0.6 is 0 Å². The van der Waals surface area contributed by atoms with Crippen LogP contribution in [0, 0.1) is 5.92 Å². The van der Waals surface area contributed by atoms with Crippen molar-refractivity contribution in [1.82, 2.24) is 0 Å². The minimum Gasteiger partial charge on any atom is -0.299 e. The minimum atomic E-state index is 0.0544. The van der Waals surface area contributed by atoms with E-state index in [0.29, 0.717) is 12.2 Å². The summed E-state index contributed by atoms with van der Waals surface area (Å²) in [5.74, 6) is 0.359. The highest BCUT2D eigenvalue weighted by Crippen LogP contribution is 2.05. The van der Waals surface area contributed by atoms with Gasteiger partial charge >= 0.3 is 0 Å². The first kappa shape index (κ1) is 11.7. The first-order valence-electron chi connectivity index (χ1n) is 5.47. The van der Waals surface area contributed by atoms with Crippen molar-refractivity contribution in [3.63, 3.8) is 0 Å². The Morgan fingerprint density at radius 1 is 1.33 bits per heavy atom. The number of rotatable bonds is 5. The van der Waals surface area contributed by atoms with Crippen molar-refractivity contribution in [2.75, 3.05) is 0 Å². The Balaban J connectivity index is 2.43. The van der Waals surface area contributed by atoms with Crippen molar-refractivity contribution in [3.05, 3.63) is 48.0 Å². The predicted octanol–water partition coefficient (Wildman–Crippen LogP) is 3.40. The highest BCUT2D eigenvalue weighted by Gasteiger charge is 2.05. The fourth-order valence-electron chi connectivity index (χ4n) is 1.45. The molecule has 1 rings (SSSR count). The molecule has 1 atom stereocenters. The normalized spacial score (nSPS) is 12.9. The zero-order valence-corrected chi connectivity index (χ0v) is 9.44. The molecule has 80 valence electrons. The van der Waals surface area contributed by atoms with E-state index in [-0.39, 0.29) is 5.92 Å². The third-order valence-corrected chi connectivity index (χ3v) is 2.48. The van der Waals surface area contributed by atoms with Gasteiger partial charge in [0.2, 0.25) is 0 Å². The van der Waals surface area contributed by atoms with Gasteiger partial charge in [-0.05, 0) is 12.0 Å². The predicted molar refractivity (Wildman–Crippen MR) is 63.7 cm³/mol. The van der Waals surface area contributed by atoms with E-state index >= 15 is 0 Å². The Morgan fingerprint density at radius 2 is 2.00 bits per heavy atom. The molecular formula is C14H18O. The minimum absolute atomic E-state index is 0.0544. The van der Waals surface area contributed by atoms with Gasteiger partial charge in [0.15, 0.2) is 0 Å². The van der Waals surface area contributed by atoms with Crippen LogP contribution in [0.3, 0.4) is 0 Å². The lowest BCUT2D eigenvalue weighted by Gasteiger charge is -2.01. The smallest absolute Gasteiger partial charge is 0.139 e. The summed E-state index contributed by atoms with van der Waals surface area (Å²) in [6.45, 7) is 3.86. The molecule has 0 aliphatic heterocycles. The van der Waals surface area contributed by atoms with E-state index in [0.717, 1.165) is 6.42 Å². The summed E-state index contributed by atoms with van der Waals surface area (Å²) in [6.07, 6.45) is 5.60. The van der Waals surface area contributed by atoms with Crippen LogP contribution in [0.1, 0.15) is 25.8 Å². The van der Waals surface area contributed by atoms with Gasteiger partial charge in [0.1, 0.15) is 5.78 Å². The molecule has 0 N–H and O–H groups in total. The molecule has 0 aromatic heterocycles. The van der Waals surface area contributed by atoms with Crippen molar-refractivity contribution in [1.29, 1.82) is 0 Å². The Labute approximate surface area is 91.8 Å². The summed E-state index contributed by atoms with van der Waals surface area (Å²) >= 11 is 0. The third-order valence-electron chi connectivity index (χ3n) is 2.48. The fourth-order valence-corrected chi connectivity index (χ4v) is 1.45. The van der Waals surface area contributed by atoms with E-state index in [1.54, 1.807) is 0 Å². The van der Waals surface area contributed by atoms with Gasteiger partial charge in [-0.25, -0.2) is 0 Å². The molecular weight excluding hydrogens is 184 g/mol. The molecule has 0 bridgehead atoms. The summed E-state index contributed by atoms with van der Waals surface area (Å²) < 4.78 is 0. The van der Waals surface area contributed by atoms with Gasteiger partial charge in [0, 0.05) is 12.3 Å². The second kappa shape index (κ2) is 6.18. The summed E-state index contributed by atoms with van der Waals surface area (Å²) in [7, 11) is 0. The molecule has 1 aromatic rings. The van der Waals surface area contributed by atoms with Crippen LogP contribution in [0.25, 0.3) is 0 Å². The quantitative estimate of drug-likeness (QED) is 0.669. The molecule has 0 unspecified atom stereocenters. The number of ketones is 1. The lowest BCUT2D eigenvalue weighted by atomic mass is 10.0. The van der Waals surface area contributed by atoms with E-state index in [4.69, 9.17) is 0 Å². The monoisotopic (exact) mass is 202 g/mol. The number of benzene rings is 1. The van der Waals surface area contributed by atoms with Crippen molar-refractivity contribution in [2.45, 2.75) is 26.7 Å². The molecule has 0 aliphatic carbocycles. The maximum absolute atomic E-state index is 11.3. The Hall–Kier alpha value is -1.37. The van der Waals surface area contributed by atoms with Gasteiger partial charge in [0.05, 0.1) is 0 Å². The Morgan fingerprint density at radius 3 is 2.60 bits per heavy atom. The van der Waals surface area contributed by atoms with Crippen molar-refractivity contribution >= 4 is 5.78 Å². The van der Waals surface area contributed by atoms with Crippen LogP contribution in [0.5, 0.6) is 0 Å². The van der Waals surface area contributed by atoms with E-state index in [1.807, 2.05) is 38.1 Å². The summed E-state index contributed by atoms with van der Waals surface area (Å²) in [5.41, 5.74) is 1.28. The topological polar surface area (TPSA) is 17.1 Å². The number of allylic oxidation sites excluding steroid dienone is 2. The summed E-state index contributed by atoms with van der Waals surface area (Å²) in [6, 6.07) is 10.3. The van der Waals surface area contributed by atoms with Crippen LogP contribution < -0.4 is 0 Å². The average Bonchev–Trinajstić information content (AvgIpc) is 2.29. The number of carbonyl (C=O) groups is 1. The average molecular weight is 202 g/mol. The van der Waals surface area contributed by atoms with Crippen LogP contribution in [0.15, 0.2) is 42.5 Å². The van der Waals surface area contributed by atoms with Crippen molar-refractivity contribution in [3.8, 4) is 0 Å². The second-order valence-electron chi connectivity index (χ2n) is 3.73. The van der Waals surface area contributed by atoms with Crippen LogP contribution in [0.4, 0.5) is 0 Å². The van der Waals surface area contributed by atoms with E-state index in [9.17, 15) is 4.79 Å². The van der Waals surface area contributed by atoms with Gasteiger partial charge in [0.25, 0.3) is 0 Å². The molecule has 1 nitrogen and oxygen atoms in total. The number of hydrogen-bond acceptors (Lipinski definition) is 1. The molecule has 0 spiro atoms. The van der Waals surface area contributed by atoms with Gasteiger partial charge < -0.3 is 0 Å². The first-order valence-corrected chi connectivity index (χ1v) is 5.47. The van der Waals surface area contributed by atoms with Crippen LogP contribution in [-0.4, -0.2) is 5.78 Å². The number of hydrogen-bond donors (Lipinski definition) is 0. The van der Waals surface area contributed by atoms with Gasteiger partial charge in [-0.1, -0.05) is 56.3 Å². The zero-order valence-electron chi connectivity index (χ0n) is 9.44. The highest BCUT2D eigenvalue weighted by atomic mass is 16.1. The lowest BCUT2D eigenvalue weighted by Crippen LogP contribution is -2.05.